The zero-order chi connectivity index (χ0) is 18.5. The van der Waals surface area contributed by atoms with Crippen molar-refractivity contribution in [3.8, 4) is 0 Å². The number of hydrogen-bond acceptors (Lipinski definition) is 0. The van der Waals surface area contributed by atoms with E-state index in [1.54, 1.807) is 0 Å². The van der Waals surface area contributed by atoms with Gasteiger partial charge in [-0.15, -0.1) is 0 Å². The largest absolute Gasteiger partial charge is 0.354 e. The van der Waals surface area contributed by atoms with Crippen LogP contribution in [0.1, 0.15) is 5.69 Å². The average molecular weight is 370 g/mol. The van der Waals surface area contributed by atoms with Crippen LogP contribution in [0.2, 0.25) is 0 Å². The Balaban J connectivity index is 1.90. The molecule has 0 saturated carbocycles. The highest BCUT2D eigenvalue weighted by molar-refractivity contribution is 7.95. The fourth-order valence-corrected chi connectivity index (χ4v) is 8.20. The minimum absolute atomic E-state index is 1.07. The molecule has 2 heteroatoms. The van der Waals surface area contributed by atoms with Gasteiger partial charge in [0.25, 0.3) is 0 Å². The zero-order valence-corrected chi connectivity index (χ0v) is 16.6. The Kier molecular flexibility index (Phi) is 5.23. The van der Waals surface area contributed by atoms with Crippen LogP contribution in [0, 0.1) is 0 Å². The van der Waals surface area contributed by atoms with Crippen molar-refractivity contribution in [3.63, 3.8) is 0 Å². The lowest BCUT2D eigenvalue weighted by atomic mass is 10.3. The molecule has 134 valence electrons. The summed E-state index contributed by atoms with van der Waals surface area (Å²) in [7, 11) is 0.414. The third kappa shape index (κ3) is 3.48. The topological polar surface area (TPSA) is 4.93 Å². The van der Waals surface area contributed by atoms with Crippen LogP contribution in [0.4, 0.5) is 0 Å². The Morgan fingerprint density at radius 2 is 1.04 bits per heavy atom. The molecule has 3 aromatic carbocycles. The van der Waals surface area contributed by atoms with Crippen LogP contribution in [0.3, 0.4) is 0 Å². The van der Waals surface area contributed by atoms with Gasteiger partial charge in [-0.1, -0.05) is 54.6 Å². The maximum absolute atomic E-state index is 2.32. The number of aryl methyl sites for hydroxylation is 2. The molecule has 0 bridgehead atoms. The molecule has 0 aliphatic heterocycles. The normalized spacial score (nSPS) is 11.4. The Hall–Kier alpha value is -2.63. The molecule has 0 radical (unpaired) electrons. The first-order valence-electron chi connectivity index (χ1n) is 9.46. The molecular weight excluding hydrogens is 345 g/mol. The van der Waals surface area contributed by atoms with Crippen molar-refractivity contribution >= 4 is 23.2 Å². The third-order valence-electron chi connectivity index (χ3n) is 5.35. The summed E-state index contributed by atoms with van der Waals surface area (Å²) < 4.78 is 2.25. The fraction of sp³-hybridized carbons (Fsp3) is 0.120. The average Bonchev–Trinajstić information content (AvgIpc) is 3.16. The van der Waals surface area contributed by atoms with Crippen LogP contribution < -0.4 is 15.9 Å². The van der Waals surface area contributed by atoms with Gasteiger partial charge < -0.3 is 4.57 Å². The molecule has 0 N–H and O–H groups in total. The molecular formula is C25H25NP+. The first-order valence-corrected chi connectivity index (χ1v) is 11.4. The molecule has 0 atom stereocenters. The van der Waals surface area contributed by atoms with Crippen LogP contribution >= 0.6 is 7.26 Å². The molecule has 27 heavy (non-hydrogen) atoms. The molecule has 0 saturated heterocycles. The molecule has 0 spiro atoms. The first kappa shape index (κ1) is 17.8. The second kappa shape index (κ2) is 7.94. The summed E-state index contributed by atoms with van der Waals surface area (Å²) in [4.78, 5) is 0. The summed E-state index contributed by atoms with van der Waals surface area (Å²) >= 11 is 0. The smallest absolute Gasteiger partial charge is 0.112 e. The van der Waals surface area contributed by atoms with Crippen molar-refractivity contribution in [1.82, 2.24) is 4.57 Å². The van der Waals surface area contributed by atoms with E-state index in [2.05, 4.69) is 121 Å². The van der Waals surface area contributed by atoms with Gasteiger partial charge in [0.15, 0.2) is 0 Å². The second-order valence-electron chi connectivity index (χ2n) is 6.90. The summed E-state index contributed by atoms with van der Waals surface area (Å²) in [6.45, 7) is 0. The van der Waals surface area contributed by atoms with Crippen LogP contribution in [0.25, 0.3) is 0 Å². The van der Waals surface area contributed by atoms with Crippen molar-refractivity contribution in [2.75, 3.05) is 6.16 Å². The summed E-state index contributed by atoms with van der Waals surface area (Å²) in [5.74, 6) is 0. The Morgan fingerprint density at radius 1 is 0.593 bits per heavy atom. The lowest BCUT2D eigenvalue weighted by Gasteiger charge is -2.27. The summed E-state index contributed by atoms with van der Waals surface area (Å²) in [5, 5.41) is 4.37. The zero-order valence-electron chi connectivity index (χ0n) is 15.7. The Labute approximate surface area is 162 Å². The van der Waals surface area contributed by atoms with Crippen LogP contribution in [-0.4, -0.2) is 10.7 Å². The van der Waals surface area contributed by atoms with E-state index < -0.39 is 7.26 Å². The van der Waals surface area contributed by atoms with Gasteiger partial charge >= 0.3 is 0 Å². The summed E-state index contributed by atoms with van der Waals surface area (Å²) in [6, 6.07) is 37.7. The van der Waals surface area contributed by atoms with Crippen LogP contribution in [-0.2, 0) is 13.5 Å². The van der Waals surface area contributed by atoms with Crippen molar-refractivity contribution in [3.05, 3.63) is 115 Å². The molecule has 1 aromatic heterocycles. The van der Waals surface area contributed by atoms with Crippen molar-refractivity contribution < 1.29 is 0 Å². The highest BCUT2D eigenvalue weighted by atomic mass is 31.2. The SMILES string of the molecule is Cn1cccc1CC[P+](c1ccccc1)(c1ccccc1)c1ccccc1. The van der Waals surface area contributed by atoms with Crippen molar-refractivity contribution in [1.29, 1.82) is 0 Å². The number of aromatic nitrogens is 1. The van der Waals surface area contributed by atoms with E-state index in [1.807, 2.05) is 0 Å². The van der Waals surface area contributed by atoms with E-state index >= 15 is 0 Å². The van der Waals surface area contributed by atoms with Gasteiger partial charge in [0.2, 0.25) is 0 Å². The number of nitrogens with zero attached hydrogens (tertiary/aromatic N) is 1. The van der Waals surface area contributed by atoms with E-state index in [4.69, 9.17) is 0 Å². The van der Waals surface area contributed by atoms with Gasteiger partial charge in [-0.3, -0.25) is 0 Å². The second-order valence-corrected chi connectivity index (χ2v) is 10.5. The van der Waals surface area contributed by atoms with Crippen molar-refractivity contribution in [2.45, 2.75) is 6.42 Å². The predicted molar refractivity (Wildman–Crippen MR) is 119 cm³/mol. The minimum Gasteiger partial charge on any atom is -0.354 e. The fourth-order valence-electron chi connectivity index (χ4n) is 3.92. The number of rotatable bonds is 6. The van der Waals surface area contributed by atoms with Crippen molar-refractivity contribution in [2.24, 2.45) is 7.05 Å². The molecule has 0 unspecified atom stereocenters. The monoisotopic (exact) mass is 370 g/mol. The highest BCUT2D eigenvalue weighted by Crippen LogP contribution is 2.55. The van der Waals surface area contributed by atoms with Gasteiger partial charge in [0.1, 0.15) is 23.2 Å². The molecule has 1 nitrogen and oxygen atoms in total. The number of hydrogen-bond donors (Lipinski definition) is 0. The Morgan fingerprint density at radius 3 is 1.41 bits per heavy atom. The maximum Gasteiger partial charge on any atom is 0.112 e. The molecule has 0 fully saturated rings. The standard InChI is InChI=1S/C25H25NP/c1-26-20-11-12-22(26)19-21-27(23-13-5-2-6-14-23,24-15-7-3-8-16-24)25-17-9-4-10-18-25/h2-18,20H,19,21H2,1H3/q+1. The quantitative estimate of drug-likeness (QED) is 0.439. The summed E-state index contributed by atoms with van der Waals surface area (Å²) in [5.41, 5.74) is 1.39. The van der Waals surface area contributed by atoms with Gasteiger partial charge in [-0.2, -0.15) is 0 Å². The minimum atomic E-state index is -1.73. The molecule has 0 aliphatic rings. The van der Waals surface area contributed by atoms with E-state index in [1.165, 1.54) is 21.6 Å². The Bertz CT molecular complexity index is 878. The van der Waals surface area contributed by atoms with Crippen LogP contribution in [0.15, 0.2) is 109 Å². The van der Waals surface area contributed by atoms with E-state index in [0.29, 0.717) is 0 Å². The van der Waals surface area contributed by atoms with Crippen LogP contribution in [0.5, 0.6) is 0 Å². The lowest BCUT2D eigenvalue weighted by Crippen LogP contribution is -2.34. The van der Waals surface area contributed by atoms with Gasteiger partial charge in [-0.25, -0.2) is 0 Å². The highest BCUT2D eigenvalue weighted by Gasteiger charge is 2.44. The predicted octanol–water partition coefficient (Wildman–Crippen LogP) is 4.56. The molecule has 0 amide bonds. The summed E-state index contributed by atoms with van der Waals surface area (Å²) in [6.07, 6.45) is 4.34. The van der Waals surface area contributed by atoms with E-state index in [9.17, 15) is 0 Å². The molecule has 4 rings (SSSR count). The van der Waals surface area contributed by atoms with Gasteiger partial charge in [0, 0.05) is 25.4 Å². The molecule has 0 aliphatic carbocycles. The molecule has 1 heterocycles. The number of benzene rings is 3. The first-order chi connectivity index (χ1) is 13.3. The maximum atomic E-state index is 2.32. The lowest BCUT2D eigenvalue weighted by molar-refractivity contribution is 0.840. The molecule has 4 aromatic rings. The van der Waals surface area contributed by atoms with Gasteiger partial charge in [0.05, 0.1) is 6.16 Å². The van der Waals surface area contributed by atoms with E-state index in [0.717, 1.165) is 12.6 Å². The third-order valence-corrected chi connectivity index (χ3v) is 9.78. The van der Waals surface area contributed by atoms with Gasteiger partial charge in [-0.05, 0) is 48.5 Å². The van der Waals surface area contributed by atoms with E-state index in [-0.39, 0.29) is 0 Å².